The van der Waals surface area contributed by atoms with Gasteiger partial charge in [-0.15, -0.1) is 0 Å². The Balaban J connectivity index is 1.55. The quantitative estimate of drug-likeness (QED) is 0.461. The molecule has 0 radical (unpaired) electrons. The number of rotatable bonds is 6. The Morgan fingerprint density at radius 2 is 2.23 bits per heavy atom. The van der Waals surface area contributed by atoms with Crippen molar-refractivity contribution < 1.29 is 0 Å². The van der Waals surface area contributed by atoms with Crippen LogP contribution in [-0.4, -0.2) is 62.4 Å². The highest BCUT2D eigenvalue weighted by Gasteiger charge is 2.21. The summed E-state index contributed by atoms with van der Waals surface area (Å²) in [7, 11) is 0. The first-order valence-corrected chi connectivity index (χ1v) is 11.1. The summed E-state index contributed by atoms with van der Waals surface area (Å²) in [6.45, 7) is 9.57. The smallest absolute Gasteiger partial charge is 0.345 e. The van der Waals surface area contributed by atoms with Crippen molar-refractivity contribution in [2.24, 2.45) is 4.99 Å². The molecule has 0 amide bonds. The number of aliphatic imine (C=N–C) groups is 1. The van der Waals surface area contributed by atoms with Crippen molar-refractivity contribution in [3.8, 4) is 0 Å². The summed E-state index contributed by atoms with van der Waals surface area (Å²) in [5.74, 6) is 3.13. The average Bonchev–Trinajstić information content (AvgIpc) is 3.00. The molecule has 0 aliphatic carbocycles. The van der Waals surface area contributed by atoms with E-state index in [1.54, 1.807) is 4.68 Å². The third-order valence-electron chi connectivity index (χ3n) is 5.05. The summed E-state index contributed by atoms with van der Waals surface area (Å²) >= 11 is 2.07. The fourth-order valence-corrected chi connectivity index (χ4v) is 4.76. The molecule has 1 atom stereocenters. The minimum atomic E-state index is 0.0504. The fraction of sp³-hybridized carbons (Fsp3) is 0.833. The highest BCUT2D eigenvalue weighted by Crippen LogP contribution is 2.21. The molecule has 26 heavy (non-hydrogen) atoms. The number of hydrogen-bond donors (Lipinski definition) is 1. The van der Waals surface area contributed by atoms with Gasteiger partial charge in [0.15, 0.2) is 5.96 Å². The number of guanidine groups is 1. The van der Waals surface area contributed by atoms with Crippen molar-refractivity contribution in [3.05, 3.63) is 16.3 Å². The van der Waals surface area contributed by atoms with Gasteiger partial charge in [0.05, 0.1) is 0 Å². The maximum Gasteiger partial charge on any atom is 0.345 e. The number of hydrogen-bond acceptors (Lipinski definition) is 4. The summed E-state index contributed by atoms with van der Waals surface area (Å²) in [6.07, 6.45) is 5.19. The van der Waals surface area contributed by atoms with Crippen LogP contribution in [0.15, 0.2) is 9.79 Å². The molecule has 1 fully saturated rings. The van der Waals surface area contributed by atoms with Crippen LogP contribution in [0.1, 0.15) is 45.4 Å². The van der Waals surface area contributed by atoms with Crippen LogP contribution >= 0.6 is 11.8 Å². The van der Waals surface area contributed by atoms with Gasteiger partial charge in [-0.25, -0.2) is 9.48 Å². The van der Waals surface area contributed by atoms with E-state index in [2.05, 4.69) is 40.9 Å². The zero-order valence-electron chi connectivity index (χ0n) is 16.1. The number of thioether (sulfide) groups is 1. The molecule has 0 aromatic carbocycles. The van der Waals surface area contributed by atoms with E-state index < -0.39 is 0 Å². The Hall–Kier alpha value is -1.44. The summed E-state index contributed by atoms with van der Waals surface area (Å²) in [4.78, 5) is 19.6. The second-order valence-electron chi connectivity index (χ2n) is 6.97. The first-order chi connectivity index (χ1) is 12.7. The van der Waals surface area contributed by atoms with E-state index in [4.69, 9.17) is 4.99 Å². The van der Waals surface area contributed by atoms with E-state index in [1.165, 1.54) is 12.2 Å². The van der Waals surface area contributed by atoms with Crippen LogP contribution in [0.2, 0.25) is 0 Å². The van der Waals surface area contributed by atoms with Crippen LogP contribution in [0.5, 0.6) is 0 Å². The van der Waals surface area contributed by atoms with Gasteiger partial charge in [0.1, 0.15) is 5.82 Å². The predicted molar refractivity (Wildman–Crippen MR) is 108 cm³/mol. The molecule has 1 unspecified atom stereocenters. The van der Waals surface area contributed by atoms with Crippen LogP contribution in [0.25, 0.3) is 0 Å². The molecule has 0 bridgehead atoms. The molecular formula is C18H32N6OS. The van der Waals surface area contributed by atoms with Gasteiger partial charge in [-0.1, -0.05) is 6.92 Å². The Morgan fingerprint density at radius 3 is 3.00 bits per heavy atom. The fourth-order valence-electron chi connectivity index (χ4n) is 3.58. The van der Waals surface area contributed by atoms with Crippen LogP contribution in [0.3, 0.4) is 0 Å². The second-order valence-corrected chi connectivity index (χ2v) is 8.38. The highest BCUT2D eigenvalue weighted by molar-refractivity contribution is 8.00. The first kappa shape index (κ1) is 19.3. The van der Waals surface area contributed by atoms with Crippen molar-refractivity contribution in [2.75, 3.05) is 31.9 Å². The van der Waals surface area contributed by atoms with E-state index in [0.29, 0.717) is 11.8 Å². The van der Waals surface area contributed by atoms with Gasteiger partial charge < -0.3 is 10.2 Å². The molecule has 2 aliphatic rings. The lowest BCUT2D eigenvalue weighted by atomic mass is 10.2. The van der Waals surface area contributed by atoms with Crippen LogP contribution in [0, 0.1) is 0 Å². The van der Waals surface area contributed by atoms with Crippen molar-refractivity contribution in [2.45, 2.75) is 64.3 Å². The predicted octanol–water partition coefficient (Wildman–Crippen LogP) is 1.56. The van der Waals surface area contributed by atoms with Gasteiger partial charge in [0.25, 0.3) is 0 Å². The lowest BCUT2D eigenvalue weighted by Gasteiger charge is -2.34. The molecule has 3 heterocycles. The van der Waals surface area contributed by atoms with E-state index in [1.807, 2.05) is 4.57 Å². The third-order valence-corrected chi connectivity index (χ3v) is 6.42. The minimum Gasteiger partial charge on any atom is -0.357 e. The van der Waals surface area contributed by atoms with Gasteiger partial charge in [-0.3, -0.25) is 9.56 Å². The van der Waals surface area contributed by atoms with Crippen LogP contribution < -0.4 is 11.0 Å². The number of nitrogens with one attached hydrogen (secondary N) is 1. The van der Waals surface area contributed by atoms with Gasteiger partial charge in [0, 0.05) is 56.7 Å². The zero-order chi connectivity index (χ0) is 18.4. The third kappa shape index (κ3) is 4.64. The molecule has 3 rings (SSSR count). The van der Waals surface area contributed by atoms with Gasteiger partial charge in [-0.05, 0) is 32.6 Å². The van der Waals surface area contributed by atoms with Crippen molar-refractivity contribution >= 4 is 17.7 Å². The van der Waals surface area contributed by atoms with Gasteiger partial charge in [0.2, 0.25) is 0 Å². The highest BCUT2D eigenvalue weighted by atomic mass is 32.2. The maximum absolute atomic E-state index is 12.4. The number of aryl methyl sites for hydroxylation is 2. The molecule has 7 nitrogen and oxygen atoms in total. The Morgan fingerprint density at radius 1 is 1.35 bits per heavy atom. The normalized spacial score (nSPS) is 20.9. The number of fused-ring (bicyclic) bond motifs is 1. The van der Waals surface area contributed by atoms with Crippen molar-refractivity contribution in [3.63, 3.8) is 0 Å². The molecular weight excluding hydrogens is 348 g/mol. The maximum atomic E-state index is 12.4. The summed E-state index contributed by atoms with van der Waals surface area (Å²) in [6, 6.07) is 0. The lowest BCUT2D eigenvalue weighted by molar-refractivity contribution is 0.407. The van der Waals surface area contributed by atoms with E-state index in [0.717, 1.165) is 70.2 Å². The average molecular weight is 381 g/mol. The molecule has 1 aromatic heterocycles. The molecule has 146 valence electrons. The SMILES string of the molecule is CCNC(=NCCCn1nc2n(c1=O)CCCC2)N1CCSC(CC)C1. The summed E-state index contributed by atoms with van der Waals surface area (Å²) < 4.78 is 3.47. The number of aromatic nitrogens is 3. The topological polar surface area (TPSA) is 67.5 Å². The molecule has 1 N–H and O–H groups in total. The van der Waals surface area contributed by atoms with Gasteiger partial charge >= 0.3 is 5.69 Å². The molecule has 1 aromatic rings. The van der Waals surface area contributed by atoms with E-state index >= 15 is 0 Å². The Labute approximate surface area is 160 Å². The standard InChI is InChI=1S/C18H32N6OS/c1-3-15-14-22(12-13-26-15)17(19-4-2)20-9-7-11-24-18(25)23-10-6-5-8-16(23)21-24/h15H,3-14H2,1-2H3,(H,19,20). The summed E-state index contributed by atoms with van der Waals surface area (Å²) in [5, 5.41) is 8.63. The monoisotopic (exact) mass is 380 g/mol. The molecule has 1 saturated heterocycles. The van der Waals surface area contributed by atoms with E-state index in [-0.39, 0.29) is 5.69 Å². The second kappa shape index (κ2) is 9.48. The Kier molecular flexibility index (Phi) is 7.05. The lowest BCUT2D eigenvalue weighted by Crippen LogP contribution is -2.48. The van der Waals surface area contributed by atoms with Crippen LogP contribution in [-0.2, 0) is 19.5 Å². The zero-order valence-corrected chi connectivity index (χ0v) is 16.9. The molecule has 0 spiro atoms. The van der Waals surface area contributed by atoms with Gasteiger partial charge in [-0.2, -0.15) is 16.9 Å². The largest absolute Gasteiger partial charge is 0.357 e. The Bertz CT molecular complexity index is 667. The first-order valence-electron chi connectivity index (χ1n) is 10.0. The minimum absolute atomic E-state index is 0.0504. The summed E-state index contributed by atoms with van der Waals surface area (Å²) in [5.41, 5.74) is 0.0504. The van der Waals surface area contributed by atoms with Crippen LogP contribution in [0.4, 0.5) is 0 Å². The van der Waals surface area contributed by atoms with Crippen molar-refractivity contribution in [1.29, 1.82) is 0 Å². The molecule has 2 aliphatic heterocycles. The van der Waals surface area contributed by atoms with E-state index in [9.17, 15) is 4.79 Å². The molecule has 8 heteroatoms. The van der Waals surface area contributed by atoms with Crippen molar-refractivity contribution in [1.82, 2.24) is 24.6 Å². The number of nitrogens with zero attached hydrogens (tertiary/aromatic N) is 5. The molecule has 0 saturated carbocycles.